The van der Waals surface area contributed by atoms with E-state index in [1.54, 1.807) is 11.8 Å². The number of hydrogen-bond acceptors (Lipinski definition) is 3. The van der Waals surface area contributed by atoms with E-state index < -0.39 is 0 Å². The van der Waals surface area contributed by atoms with Crippen LogP contribution < -0.4 is 0 Å². The van der Waals surface area contributed by atoms with E-state index >= 15 is 0 Å². The largest absolute Gasteiger partial charge is 0.469 e. The highest BCUT2D eigenvalue weighted by Gasteiger charge is 2.17. The molecule has 1 atom stereocenters. The summed E-state index contributed by atoms with van der Waals surface area (Å²) in [5, 5.41) is 0. The maximum Gasteiger partial charge on any atom is 0.309 e. The molecule has 2 nitrogen and oxygen atoms in total. The predicted molar refractivity (Wildman–Crippen MR) is 92.0 cm³/mol. The third kappa shape index (κ3) is 5.06. The van der Waals surface area contributed by atoms with Crippen LogP contribution in [0.15, 0.2) is 12.1 Å². The third-order valence-corrected chi connectivity index (χ3v) is 5.01. The standard InChI is InChI=1S/C18H28O2S/c1-12-8-15(18(4,5)6)9-13(2)16(12)11-21-10-14(3)17(19)20-7/h8-9,14H,10-11H2,1-7H3. The summed E-state index contributed by atoms with van der Waals surface area (Å²) in [5.74, 6) is 1.57. The third-order valence-electron chi connectivity index (χ3n) is 3.78. The van der Waals surface area contributed by atoms with Crippen LogP contribution in [0.2, 0.25) is 0 Å². The van der Waals surface area contributed by atoms with Gasteiger partial charge >= 0.3 is 5.97 Å². The lowest BCUT2D eigenvalue weighted by Gasteiger charge is -2.22. The van der Waals surface area contributed by atoms with Crippen molar-refractivity contribution >= 4 is 17.7 Å². The molecule has 1 rings (SSSR count). The lowest BCUT2D eigenvalue weighted by atomic mass is 9.84. The Balaban J connectivity index is 2.75. The molecule has 0 aliphatic rings. The van der Waals surface area contributed by atoms with Crippen LogP contribution in [0.1, 0.15) is 49.9 Å². The maximum atomic E-state index is 11.4. The fraction of sp³-hybridized carbons (Fsp3) is 0.611. The number of esters is 1. The lowest BCUT2D eigenvalue weighted by Crippen LogP contribution is -2.15. The van der Waals surface area contributed by atoms with E-state index in [0.717, 1.165) is 11.5 Å². The van der Waals surface area contributed by atoms with Gasteiger partial charge in [0.15, 0.2) is 0 Å². The molecular weight excluding hydrogens is 280 g/mol. The van der Waals surface area contributed by atoms with Gasteiger partial charge < -0.3 is 4.74 Å². The van der Waals surface area contributed by atoms with Crippen molar-refractivity contribution in [2.45, 2.75) is 52.7 Å². The minimum absolute atomic E-state index is 0.0468. The quantitative estimate of drug-likeness (QED) is 0.741. The first-order valence-corrected chi connectivity index (χ1v) is 8.58. The van der Waals surface area contributed by atoms with E-state index in [4.69, 9.17) is 4.74 Å². The van der Waals surface area contributed by atoms with Gasteiger partial charge in [-0.2, -0.15) is 11.8 Å². The molecule has 0 spiro atoms. The number of thioether (sulfide) groups is 1. The first-order chi connectivity index (χ1) is 9.66. The van der Waals surface area contributed by atoms with E-state index in [1.165, 1.54) is 29.4 Å². The van der Waals surface area contributed by atoms with Crippen molar-refractivity contribution in [3.05, 3.63) is 34.4 Å². The Morgan fingerprint density at radius 1 is 1.24 bits per heavy atom. The lowest BCUT2D eigenvalue weighted by molar-refractivity contribution is -0.143. The molecule has 0 aliphatic heterocycles. The van der Waals surface area contributed by atoms with Crippen molar-refractivity contribution in [2.75, 3.05) is 12.9 Å². The number of ether oxygens (including phenoxy) is 1. The number of aryl methyl sites for hydroxylation is 2. The SMILES string of the molecule is COC(=O)C(C)CSCc1c(C)cc(C(C)(C)C)cc1C. The molecule has 0 amide bonds. The summed E-state index contributed by atoms with van der Waals surface area (Å²) < 4.78 is 4.76. The average molecular weight is 308 g/mol. The van der Waals surface area contributed by atoms with Gasteiger partial charge in [-0.15, -0.1) is 0 Å². The molecule has 0 saturated heterocycles. The monoisotopic (exact) mass is 308 g/mol. The second kappa shape index (κ2) is 7.35. The van der Waals surface area contributed by atoms with E-state index in [-0.39, 0.29) is 17.3 Å². The normalized spacial score (nSPS) is 13.1. The fourth-order valence-corrected chi connectivity index (χ4v) is 3.53. The van der Waals surface area contributed by atoms with Crippen LogP contribution in [0.25, 0.3) is 0 Å². The highest BCUT2D eigenvalue weighted by atomic mass is 32.2. The zero-order valence-electron chi connectivity index (χ0n) is 14.4. The number of methoxy groups -OCH3 is 1. The Morgan fingerprint density at radius 3 is 2.19 bits per heavy atom. The van der Waals surface area contributed by atoms with Crippen LogP contribution in [0, 0.1) is 19.8 Å². The van der Waals surface area contributed by atoms with Crippen molar-refractivity contribution < 1.29 is 9.53 Å². The van der Waals surface area contributed by atoms with Crippen molar-refractivity contribution in [2.24, 2.45) is 5.92 Å². The molecule has 21 heavy (non-hydrogen) atoms. The van der Waals surface area contributed by atoms with E-state index in [1.807, 2.05) is 6.92 Å². The summed E-state index contributed by atoms with van der Waals surface area (Å²) in [6, 6.07) is 4.60. The number of carbonyl (C=O) groups is 1. The Kier molecular flexibility index (Phi) is 6.33. The number of benzene rings is 1. The molecule has 0 radical (unpaired) electrons. The summed E-state index contributed by atoms with van der Waals surface area (Å²) in [6.45, 7) is 13.0. The number of rotatable bonds is 5. The highest BCUT2D eigenvalue weighted by Crippen LogP contribution is 2.29. The summed E-state index contributed by atoms with van der Waals surface area (Å²) in [7, 11) is 1.45. The second-order valence-electron chi connectivity index (χ2n) is 6.78. The van der Waals surface area contributed by atoms with Gasteiger partial charge in [0.2, 0.25) is 0 Å². The minimum atomic E-state index is -0.126. The van der Waals surface area contributed by atoms with Gasteiger partial charge in [-0.3, -0.25) is 4.79 Å². The summed E-state index contributed by atoms with van der Waals surface area (Å²) >= 11 is 1.80. The molecule has 0 N–H and O–H groups in total. The summed E-state index contributed by atoms with van der Waals surface area (Å²) in [5.41, 5.74) is 5.65. The van der Waals surface area contributed by atoms with Gasteiger partial charge in [0.05, 0.1) is 13.0 Å². The van der Waals surface area contributed by atoms with Gasteiger partial charge in [0, 0.05) is 11.5 Å². The smallest absolute Gasteiger partial charge is 0.309 e. The molecule has 0 aromatic heterocycles. The van der Waals surface area contributed by atoms with E-state index in [2.05, 4.69) is 46.8 Å². The Bertz CT molecular complexity index is 477. The Morgan fingerprint density at radius 2 is 1.76 bits per heavy atom. The Hall–Kier alpha value is -0.960. The summed E-state index contributed by atoms with van der Waals surface area (Å²) in [6.07, 6.45) is 0. The number of hydrogen-bond donors (Lipinski definition) is 0. The van der Waals surface area contributed by atoms with Crippen molar-refractivity contribution in [1.82, 2.24) is 0 Å². The molecule has 1 aromatic rings. The van der Waals surface area contributed by atoms with Gasteiger partial charge in [-0.25, -0.2) is 0 Å². The first kappa shape index (κ1) is 18.1. The van der Waals surface area contributed by atoms with Crippen LogP contribution in [0.4, 0.5) is 0 Å². The van der Waals surface area contributed by atoms with Gasteiger partial charge in [-0.1, -0.05) is 39.8 Å². The van der Waals surface area contributed by atoms with Crippen LogP contribution >= 0.6 is 11.8 Å². The van der Waals surface area contributed by atoms with Crippen molar-refractivity contribution in [1.29, 1.82) is 0 Å². The zero-order valence-corrected chi connectivity index (χ0v) is 15.2. The van der Waals surface area contributed by atoms with E-state index in [9.17, 15) is 4.79 Å². The second-order valence-corrected chi connectivity index (χ2v) is 7.81. The molecule has 1 unspecified atom stereocenters. The fourth-order valence-electron chi connectivity index (χ4n) is 2.26. The van der Waals surface area contributed by atoms with Crippen molar-refractivity contribution in [3.8, 4) is 0 Å². The molecule has 0 aliphatic carbocycles. The molecule has 1 aromatic carbocycles. The maximum absolute atomic E-state index is 11.4. The predicted octanol–water partition coefficient (Wildman–Crippen LogP) is 4.64. The molecule has 0 fully saturated rings. The molecule has 0 saturated carbocycles. The number of carbonyl (C=O) groups excluding carboxylic acids is 1. The Labute approximate surface area is 133 Å². The molecular formula is C18H28O2S. The minimum Gasteiger partial charge on any atom is -0.469 e. The topological polar surface area (TPSA) is 26.3 Å². The van der Waals surface area contributed by atoms with E-state index in [0.29, 0.717) is 0 Å². The highest BCUT2D eigenvalue weighted by molar-refractivity contribution is 7.98. The first-order valence-electron chi connectivity index (χ1n) is 7.43. The van der Waals surface area contributed by atoms with Crippen molar-refractivity contribution in [3.63, 3.8) is 0 Å². The summed E-state index contributed by atoms with van der Waals surface area (Å²) in [4.78, 5) is 11.4. The zero-order chi connectivity index (χ0) is 16.2. The molecule has 0 bridgehead atoms. The van der Waals surface area contributed by atoms with Crippen LogP contribution in [-0.2, 0) is 20.7 Å². The molecule has 118 valence electrons. The van der Waals surface area contributed by atoms with Crippen LogP contribution in [-0.4, -0.2) is 18.8 Å². The molecule has 0 heterocycles. The van der Waals surface area contributed by atoms with Crippen LogP contribution in [0.5, 0.6) is 0 Å². The molecule has 3 heteroatoms. The van der Waals surface area contributed by atoms with Gasteiger partial charge in [-0.05, 0) is 41.5 Å². The van der Waals surface area contributed by atoms with Gasteiger partial charge in [0.25, 0.3) is 0 Å². The average Bonchev–Trinajstić information content (AvgIpc) is 2.39. The van der Waals surface area contributed by atoms with Gasteiger partial charge in [0.1, 0.15) is 0 Å². The van der Waals surface area contributed by atoms with Crippen LogP contribution in [0.3, 0.4) is 0 Å².